The first kappa shape index (κ1) is 16.2. The van der Waals surface area contributed by atoms with E-state index in [1.807, 2.05) is 12.1 Å². The van der Waals surface area contributed by atoms with Crippen LogP contribution in [-0.2, 0) is 6.42 Å². The second-order valence-electron chi connectivity index (χ2n) is 5.33. The van der Waals surface area contributed by atoms with Crippen molar-refractivity contribution in [3.63, 3.8) is 0 Å². The second kappa shape index (κ2) is 7.72. The van der Waals surface area contributed by atoms with Crippen molar-refractivity contribution >= 4 is 28.9 Å². The lowest BCUT2D eigenvalue weighted by molar-refractivity contribution is 0.795. The molecular weight excluding hydrogens is 301 g/mol. The maximum Gasteiger partial charge on any atom is 0.0500 e. The van der Waals surface area contributed by atoms with E-state index in [4.69, 9.17) is 23.2 Å². The fraction of sp³-hybridized carbons (Fsp3) is 0.333. The van der Waals surface area contributed by atoms with E-state index < -0.39 is 0 Å². The van der Waals surface area contributed by atoms with Crippen molar-refractivity contribution in [3.8, 4) is 0 Å². The number of unbranched alkanes of at least 4 members (excludes halogenated alkanes) is 1. The monoisotopic (exact) mass is 321 g/mol. The Morgan fingerprint density at radius 1 is 1.05 bits per heavy atom. The van der Waals surface area contributed by atoms with Crippen LogP contribution < -0.4 is 5.32 Å². The fourth-order valence-corrected chi connectivity index (χ4v) is 2.90. The van der Waals surface area contributed by atoms with E-state index in [1.165, 1.54) is 18.4 Å². The zero-order chi connectivity index (χ0) is 15.2. The van der Waals surface area contributed by atoms with Gasteiger partial charge in [0.25, 0.3) is 0 Å². The standard InChI is InChI=1S/C18H21Cl2N/c1-3-4-5-14-6-9-16(10-7-14)21-13(2)17-11-8-15(19)12-18(17)20/h6-13,21H,3-5H2,1-2H3. The molecule has 0 saturated carbocycles. The summed E-state index contributed by atoms with van der Waals surface area (Å²) in [6.07, 6.45) is 3.62. The van der Waals surface area contributed by atoms with Gasteiger partial charge in [-0.3, -0.25) is 0 Å². The fourth-order valence-electron chi connectivity index (χ4n) is 2.33. The molecule has 1 atom stereocenters. The van der Waals surface area contributed by atoms with Gasteiger partial charge in [0.05, 0.1) is 0 Å². The average molecular weight is 322 g/mol. The summed E-state index contributed by atoms with van der Waals surface area (Å²) in [5.74, 6) is 0. The quantitative estimate of drug-likeness (QED) is 0.639. The van der Waals surface area contributed by atoms with Gasteiger partial charge in [-0.25, -0.2) is 0 Å². The summed E-state index contributed by atoms with van der Waals surface area (Å²) in [4.78, 5) is 0. The van der Waals surface area contributed by atoms with E-state index in [-0.39, 0.29) is 6.04 Å². The van der Waals surface area contributed by atoms with Crippen LogP contribution in [-0.4, -0.2) is 0 Å². The van der Waals surface area contributed by atoms with Gasteiger partial charge in [-0.2, -0.15) is 0 Å². The summed E-state index contributed by atoms with van der Waals surface area (Å²) in [6, 6.07) is 14.4. The third-order valence-corrected chi connectivity index (χ3v) is 4.15. The highest BCUT2D eigenvalue weighted by Gasteiger charge is 2.10. The zero-order valence-corrected chi connectivity index (χ0v) is 14.0. The van der Waals surface area contributed by atoms with Crippen molar-refractivity contribution in [1.29, 1.82) is 0 Å². The number of hydrogen-bond acceptors (Lipinski definition) is 1. The van der Waals surface area contributed by atoms with Crippen LogP contribution >= 0.6 is 23.2 Å². The molecule has 1 unspecified atom stereocenters. The molecule has 0 aliphatic carbocycles. The van der Waals surface area contributed by atoms with E-state index >= 15 is 0 Å². The van der Waals surface area contributed by atoms with E-state index in [0.717, 1.165) is 17.7 Å². The molecule has 1 N–H and O–H groups in total. The Labute approximate surface area is 137 Å². The number of hydrogen-bond donors (Lipinski definition) is 1. The van der Waals surface area contributed by atoms with Crippen molar-refractivity contribution < 1.29 is 0 Å². The lowest BCUT2D eigenvalue weighted by atomic mass is 10.1. The Bertz CT molecular complexity index is 578. The Hall–Kier alpha value is -1.18. The van der Waals surface area contributed by atoms with Crippen molar-refractivity contribution in [1.82, 2.24) is 0 Å². The molecule has 0 heterocycles. The van der Waals surface area contributed by atoms with Gasteiger partial charge >= 0.3 is 0 Å². The molecule has 112 valence electrons. The number of benzene rings is 2. The smallest absolute Gasteiger partial charge is 0.0500 e. The molecule has 3 heteroatoms. The van der Waals surface area contributed by atoms with Crippen molar-refractivity contribution in [2.24, 2.45) is 0 Å². The molecule has 0 saturated heterocycles. The van der Waals surface area contributed by atoms with Crippen LogP contribution in [0.15, 0.2) is 42.5 Å². The number of anilines is 1. The van der Waals surface area contributed by atoms with Gasteiger partial charge in [0.15, 0.2) is 0 Å². The topological polar surface area (TPSA) is 12.0 Å². The summed E-state index contributed by atoms with van der Waals surface area (Å²) in [5.41, 5.74) is 3.55. The van der Waals surface area contributed by atoms with Gasteiger partial charge in [0.2, 0.25) is 0 Å². The first-order valence-electron chi connectivity index (χ1n) is 7.40. The van der Waals surface area contributed by atoms with E-state index in [1.54, 1.807) is 6.07 Å². The molecule has 0 spiro atoms. The van der Waals surface area contributed by atoms with Gasteiger partial charge in [0.1, 0.15) is 0 Å². The summed E-state index contributed by atoms with van der Waals surface area (Å²) in [7, 11) is 0. The van der Waals surface area contributed by atoms with Crippen molar-refractivity contribution in [2.75, 3.05) is 5.32 Å². The largest absolute Gasteiger partial charge is 0.378 e. The van der Waals surface area contributed by atoms with Gasteiger partial charge in [0, 0.05) is 21.8 Å². The minimum Gasteiger partial charge on any atom is -0.378 e. The molecule has 2 aromatic carbocycles. The molecule has 2 aromatic rings. The predicted molar refractivity (Wildman–Crippen MR) is 93.6 cm³/mol. The maximum atomic E-state index is 6.25. The summed E-state index contributed by atoms with van der Waals surface area (Å²) in [6.45, 7) is 4.31. The van der Waals surface area contributed by atoms with Crippen LogP contribution in [0.5, 0.6) is 0 Å². The van der Waals surface area contributed by atoms with Crippen LogP contribution in [0.3, 0.4) is 0 Å². The summed E-state index contributed by atoms with van der Waals surface area (Å²) >= 11 is 12.2. The van der Waals surface area contributed by atoms with Crippen LogP contribution in [0.4, 0.5) is 5.69 Å². The molecule has 2 rings (SSSR count). The number of rotatable bonds is 6. The molecular formula is C18H21Cl2N. The number of halogens is 2. The first-order chi connectivity index (χ1) is 10.1. The van der Waals surface area contributed by atoms with E-state index in [0.29, 0.717) is 10.0 Å². The van der Waals surface area contributed by atoms with Gasteiger partial charge < -0.3 is 5.32 Å². The van der Waals surface area contributed by atoms with E-state index in [9.17, 15) is 0 Å². The number of aryl methyl sites for hydroxylation is 1. The number of nitrogens with one attached hydrogen (secondary N) is 1. The van der Waals surface area contributed by atoms with Crippen molar-refractivity contribution in [2.45, 2.75) is 39.2 Å². The Morgan fingerprint density at radius 2 is 1.76 bits per heavy atom. The third-order valence-electron chi connectivity index (χ3n) is 3.59. The highest BCUT2D eigenvalue weighted by atomic mass is 35.5. The SMILES string of the molecule is CCCCc1ccc(NC(C)c2ccc(Cl)cc2Cl)cc1. The molecule has 0 fully saturated rings. The van der Waals surface area contributed by atoms with Crippen LogP contribution in [0, 0.1) is 0 Å². The Kier molecular flexibility index (Phi) is 5.96. The molecule has 21 heavy (non-hydrogen) atoms. The van der Waals surface area contributed by atoms with E-state index in [2.05, 4.69) is 43.4 Å². The second-order valence-corrected chi connectivity index (χ2v) is 6.18. The van der Waals surface area contributed by atoms with Gasteiger partial charge in [-0.05, 0) is 55.2 Å². The molecule has 0 amide bonds. The molecule has 0 aliphatic heterocycles. The molecule has 0 bridgehead atoms. The van der Waals surface area contributed by atoms with Crippen molar-refractivity contribution in [3.05, 3.63) is 63.6 Å². The van der Waals surface area contributed by atoms with Crippen LogP contribution in [0.25, 0.3) is 0 Å². The molecule has 0 radical (unpaired) electrons. The lowest BCUT2D eigenvalue weighted by Crippen LogP contribution is -2.07. The lowest BCUT2D eigenvalue weighted by Gasteiger charge is -2.17. The Morgan fingerprint density at radius 3 is 2.38 bits per heavy atom. The highest BCUT2D eigenvalue weighted by molar-refractivity contribution is 6.35. The highest BCUT2D eigenvalue weighted by Crippen LogP contribution is 2.28. The normalized spacial score (nSPS) is 12.2. The van der Waals surface area contributed by atoms with Gasteiger partial charge in [-0.15, -0.1) is 0 Å². The predicted octanol–water partition coefficient (Wildman–Crippen LogP) is 6.51. The zero-order valence-electron chi connectivity index (χ0n) is 12.5. The summed E-state index contributed by atoms with van der Waals surface area (Å²) in [5, 5.41) is 4.83. The minimum absolute atomic E-state index is 0.135. The first-order valence-corrected chi connectivity index (χ1v) is 8.16. The van der Waals surface area contributed by atoms with Gasteiger partial charge in [-0.1, -0.05) is 54.7 Å². The Balaban J connectivity index is 2.03. The molecule has 0 aliphatic rings. The minimum atomic E-state index is 0.135. The third kappa shape index (κ3) is 4.66. The average Bonchev–Trinajstić information content (AvgIpc) is 2.46. The summed E-state index contributed by atoms with van der Waals surface area (Å²) < 4.78 is 0. The maximum absolute atomic E-state index is 6.25. The molecule has 1 nitrogen and oxygen atoms in total. The van der Waals surface area contributed by atoms with Crippen LogP contribution in [0.1, 0.15) is 43.9 Å². The van der Waals surface area contributed by atoms with Crippen LogP contribution in [0.2, 0.25) is 10.0 Å². The molecule has 0 aromatic heterocycles.